The number of benzene rings is 1. The van der Waals surface area contributed by atoms with Crippen molar-refractivity contribution in [2.75, 3.05) is 12.3 Å². The van der Waals surface area contributed by atoms with Crippen LogP contribution in [0.4, 0.5) is 0 Å². The maximum atomic E-state index is 12.2. The van der Waals surface area contributed by atoms with Crippen molar-refractivity contribution in [1.82, 2.24) is 0 Å². The van der Waals surface area contributed by atoms with Gasteiger partial charge in [0.1, 0.15) is 0 Å². The van der Waals surface area contributed by atoms with Gasteiger partial charge >= 0.3 is 0 Å². The lowest BCUT2D eigenvalue weighted by molar-refractivity contribution is 0.304. The summed E-state index contributed by atoms with van der Waals surface area (Å²) in [6, 6.07) is 9.99. The Bertz CT molecular complexity index is 387. The normalized spacial score (nSPS) is 37.6. The molecular weight excluding hydrogens is 207 g/mol. The first-order chi connectivity index (χ1) is 7.25. The molecule has 3 heteroatoms. The largest absolute Gasteiger partial charge is 0.324 e. The summed E-state index contributed by atoms with van der Waals surface area (Å²) in [6.45, 7) is 0.511. The third-order valence-corrected chi connectivity index (χ3v) is 6.05. The van der Waals surface area contributed by atoms with Gasteiger partial charge in [-0.3, -0.25) is 4.57 Å². The molecule has 1 saturated heterocycles. The maximum absolute atomic E-state index is 12.2. The molecule has 0 spiro atoms. The van der Waals surface area contributed by atoms with Crippen LogP contribution in [0.15, 0.2) is 30.3 Å². The SMILES string of the molecule is O=P1(OCc2ccccc2)CC2CC2C1. The fourth-order valence-corrected chi connectivity index (χ4v) is 5.49. The summed E-state index contributed by atoms with van der Waals surface area (Å²) in [5.41, 5.74) is 1.12. The summed E-state index contributed by atoms with van der Waals surface area (Å²) in [4.78, 5) is 0. The molecule has 3 rings (SSSR count). The third kappa shape index (κ3) is 2.02. The van der Waals surface area contributed by atoms with Gasteiger partial charge in [-0.25, -0.2) is 0 Å². The van der Waals surface area contributed by atoms with Crippen LogP contribution in [0.2, 0.25) is 0 Å². The van der Waals surface area contributed by atoms with Crippen molar-refractivity contribution in [2.24, 2.45) is 11.8 Å². The quantitative estimate of drug-likeness (QED) is 0.734. The zero-order chi connectivity index (χ0) is 10.3. The van der Waals surface area contributed by atoms with Crippen molar-refractivity contribution >= 4 is 7.37 Å². The average molecular weight is 222 g/mol. The molecule has 80 valence electrons. The summed E-state index contributed by atoms with van der Waals surface area (Å²) in [5, 5.41) is 0. The lowest BCUT2D eigenvalue weighted by Crippen LogP contribution is -1.96. The average Bonchev–Trinajstić information content (AvgIpc) is 2.87. The van der Waals surface area contributed by atoms with Gasteiger partial charge in [0.25, 0.3) is 0 Å². The lowest BCUT2D eigenvalue weighted by atomic mass is 10.2. The van der Waals surface area contributed by atoms with Crippen LogP contribution < -0.4 is 0 Å². The van der Waals surface area contributed by atoms with Gasteiger partial charge in [-0.15, -0.1) is 0 Å². The molecule has 2 atom stereocenters. The summed E-state index contributed by atoms with van der Waals surface area (Å²) < 4.78 is 17.8. The molecule has 2 nitrogen and oxygen atoms in total. The van der Waals surface area contributed by atoms with Crippen LogP contribution in [0.1, 0.15) is 12.0 Å². The van der Waals surface area contributed by atoms with Gasteiger partial charge in [-0.05, 0) is 23.8 Å². The minimum absolute atomic E-state index is 0.511. The Balaban J connectivity index is 1.60. The van der Waals surface area contributed by atoms with E-state index in [1.54, 1.807) is 0 Å². The molecule has 2 unspecified atom stereocenters. The van der Waals surface area contributed by atoms with E-state index < -0.39 is 7.37 Å². The van der Waals surface area contributed by atoms with Gasteiger partial charge in [0.15, 0.2) is 0 Å². The highest BCUT2D eigenvalue weighted by Gasteiger charge is 2.52. The van der Waals surface area contributed by atoms with Gasteiger partial charge in [0, 0.05) is 12.3 Å². The molecule has 0 amide bonds. The molecule has 1 heterocycles. The van der Waals surface area contributed by atoms with Crippen molar-refractivity contribution in [3.05, 3.63) is 35.9 Å². The van der Waals surface area contributed by atoms with Crippen molar-refractivity contribution in [3.63, 3.8) is 0 Å². The summed E-state index contributed by atoms with van der Waals surface area (Å²) in [5.74, 6) is 1.46. The van der Waals surface area contributed by atoms with Gasteiger partial charge in [0.2, 0.25) is 7.37 Å². The zero-order valence-corrected chi connectivity index (χ0v) is 9.53. The maximum Gasteiger partial charge on any atom is 0.204 e. The van der Waals surface area contributed by atoms with Crippen molar-refractivity contribution < 1.29 is 9.09 Å². The number of hydrogen-bond acceptors (Lipinski definition) is 2. The topological polar surface area (TPSA) is 26.3 Å². The Kier molecular flexibility index (Phi) is 2.22. The van der Waals surface area contributed by atoms with E-state index in [4.69, 9.17) is 4.52 Å². The van der Waals surface area contributed by atoms with E-state index in [1.807, 2.05) is 30.3 Å². The molecule has 1 aromatic carbocycles. The van der Waals surface area contributed by atoms with Crippen LogP contribution in [-0.4, -0.2) is 12.3 Å². The predicted molar refractivity (Wildman–Crippen MR) is 60.2 cm³/mol. The molecule has 0 aromatic heterocycles. The number of rotatable bonds is 3. The molecule has 1 aliphatic heterocycles. The monoisotopic (exact) mass is 222 g/mol. The first-order valence-corrected chi connectivity index (χ1v) is 7.51. The van der Waals surface area contributed by atoms with Crippen LogP contribution in [0, 0.1) is 11.8 Å². The van der Waals surface area contributed by atoms with Gasteiger partial charge in [0.05, 0.1) is 6.61 Å². The van der Waals surface area contributed by atoms with Gasteiger partial charge in [-0.1, -0.05) is 30.3 Å². The van der Waals surface area contributed by atoms with Crippen molar-refractivity contribution in [1.29, 1.82) is 0 Å². The molecule has 1 saturated carbocycles. The highest BCUT2D eigenvalue weighted by atomic mass is 31.2. The fourth-order valence-electron chi connectivity index (χ4n) is 2.42. The summed E-state index contributed by atoms with van der Waals surface area (Å²) in [7, 11) is -2.24. The Morgan fingerprint density at radius 3 is 2.53 bits per heavy atom. The minimum Gasteiger partial charge on any atom is -0.324 e. The highest BCUT2D eigenvalue weighted by molar-refractivity contribution is 7.59. The van der Waals surface area contributed by atoms with Crippen LogP contribution in [0.3, 0.4) is 0 Å². The highest BCUT2D eigenvalue weighted by Crippen LogP contribution is 2.66. The lowest BCUT2D eigenvalue weighted by Gasteiger charge is -2.14. The van der Waals surface area contributed by atoms with E-state index in [-0.39, 0.29) is 0 Å². The number of fused-ring (bicyclic) bond motifs is 1. The van der Waals surface area contributed by atoms with E-state index in [0.29, 0.717) is 6.61 Å². The van der Waals surface area contributed by atoms with Crippen LogP contribution in [0.25, 0.3) is 0 Å². The molecular formula is C12H15O2P. The fraction of sp³-hybridized carbons (Fsp3) is 0.500. The van der Waals surface area contributed by atoms with Crippen molar-refractivity contribution in [3.8, 4) is 0 Å². The number of hydrogen-bond donors (Lipinski definition) is 0. The molecule has 2 fully saturated rings. The molecule has 1 aliphatic carbocycles. The van der Waals surface area contributed by atoms with Crippen LogP contribution >= 0.6 is 7.37 Å². The Morgan fingerprint density at radius 1 is 1.20 bits per heavy atom. The van der Waals surface area contributed by atoms with E-state index in [1.165, 1.54) is 6.42 Å². The van der Waals surface area contributed by atoms with Gasteiger partial charge < -0.3 is 4.52 Å². The Labute approximate surface area is 90.1 Å². The van der Waals surface area contributed by atoms with Crippen molar-refractivity contribution in [2.45, 2.75) is 13.0 Å². The third-order valence-electron chi connectivity index (χ3n) is 3.40. The minimum atomic E-state index is -2.24. The second kappa shape index (κ2) is 3.47. The zero-order valence-electron chi connectivity index (χ0n) is 8.63. The molecule has 0 N–H and O–H groups in total. The second-order valence-corrected chi connectivity index (χ2v) is 7.31. The van der Waals surface area contributed by atoms with Gasteiger partial charge in [-0.2, -0.15) is 0 Å². The summed E-state index contributed by atoms with van der Waals surface area (Å²) in [6.07, 6.45) is 2.97. The standard InChI is InChI=1S/C12H15O2P/c13-15(8-11-6-12(11)9-15)14-7-10-4-2-1-3-5-10/h1-5,11-12H,6-9H2. The molecule has 15 heavy (non-hydrogen) atoms. The van der Waals surface area contributed by atoms with E-state index in [9.17, 15) is 4.57 Å². The van der Waals surface area contributed by atoms with E-state index >= 15 is 0 Å². The summed E-state index contributed by atoms with van der Waals surface area (Å²) >= 11 is 0. The first-order valence-electron chi connectivity index (χ1n) is 5.52. The first kappa shape index (κ1) is 9.62. The molecule has 2 aliphatic rings. The predicted octanol–water partition coefficient (Wildman–Crippen LogP) is 3.13. The molecule has 0 radical (unpaired) electrons. The molecule has 1 aromatic rings. The van der Waals surface area contributed by atoms with E-state index in [0.717, 1.165) is 29.7 Å². The second-order valence-electron chi connectivity index (χ2n) is 4.69. The van der Waals surface area contributed by atoms with Crippen LogP contribution in [-0.2, 0) is 15.7 Å². The van der Waals surface area contributed by atoms with E-state index in [2.05, 4.69) is 0 Å². The molecule has 0 bridgehead atoms. The Morgan fingerprint density at radius 2 is 1.87 bits per heavy atom. The smallest absolute Gasteiger partial charge is 0.204 e. The Hall–Kier alpha value is -0.590. The van der Waals surface area contributed by atoms with Crippen LogP contribution in [0.5, 0.6) is 0 Å².